The zero-order valence-electron chi connectivity index (χ0n) is 9.10. The summed E-state index contributed by atoms with van der Waals surface area (Å²) in [7, 11) is 0. The van der Waals surface area contributed by atoms with E-state index in [0.717, 1.165) is 0 Å². The first-order chi connectivity index (χ1) is 8.06. The molecule has 0 unspecified atom stereocenters. The first-order valence-corrected chi connectivity index (χ1v) is 4.89. The van der Waals surface area contributed by atoms with E-state index in [4.69, 9.17) is 10.3 Å². The smallest absolute Gasteiger partial charge is 0.294 e. The van der Waals surface area contributed by atoms with Gasteiger partial charge in [-0.05, 0) is 19.1 Å². The lowest BCUT2D eigenvalue weighted by Gasteiger charge is -2.06. The lowest BCUT2D eigenvalue weighted by atomic mass is 10.2. The van der Waals surface area contributed by atoms with Gasteiger partial charge in [-0.15, -0.1) is 0 Å². The van der Waals surface area contributed by atoms with Crippen LogP contribution in [0.1, 0.15) is 16.2 Å². The number of aryl methyl sites for hydroxylation is 1. The number of nitrogens with zero attached hydrogens (tertiary/aromatic N) is 1. The molecule has 1 aromatic carbocycles. The number of hydrogen-bond acceptors (Lipinski definition) is 5. The second-order valence-corrected chi connectivity index (χ2v) is 3.56. The summed E-state index contributed by atoms with van der Waals surface area (Å²) < 4.78 is 4.81. The van der Waals surface area contributed by atoms with Crippen molar-refractivity contribution in [3.63, 3.8) is 0 Å². The van der Waals surface area contributed by atoms with Gasteiger partial charge in [0.05, 0.1) is 17.1 Å². The van der Waals surface area contributed by atoms with Crippen molar-refractivity contribution in [3.05, 3.63) is 35.7 Å². The highest BCUT2D eigenvalue weighted by Gasteiger charge is 2.13. The molecule has 0 aliphatic rings. The Kier molecular flexibility index (Phi) is 2.70. The van der Waals surface area contributed by atoms with Crippen molar-refractivity contribution in [2.75, 3.05) is 11.1 Å². The average molecular weight is 233 g/mol. The molecule has 1 aromatic heterocycles. The van der Waals surface area contributed by atoms with Gasteiger partial charge in [-0.25, -0.2) is 0 Å². The summed E-state index contributed by atoms with van der Waals surface area (Å²) in [5.41, 5.74) is 6.93. The number of amides is 1. The number of aromatic nitrogens is 1. The van der Waals surface area contributed by atoms with Crippen LogP contribution < -0.4 is 11.1 Å². The molecule has 6 heteroatoms. The quantitative estimate of drug-likeness (QED) is 0.539. The summed E-state index contributed by atoms with van der Waals surface area (Å²) in [5, 5.41) is 15.3. The van der Waals surface area contributed by atoms with Crippen LogP contribution in [0.25, 0.3) is 0 Å². The van der Waals surface area contributed by atoms with Crippen LogP contribution >= 0.6 is 0 Å². The van der Waals surface area contributed by atoms with E-state index < -0.39 is 5.91 Å². The van der Waals surface area contributed by atoms with Gasteiger partial charge in [0.15, 0.2) is 0 Å². The number of nitrogen functional groups attached to an aromatic ring is 1. The summed E-state index contributed by atoms with van der Waals surface area (Å²) >= 11 is 0. The Labute approximate surface area is 97.0 Å². The summed E-state index contributed by atoms with van der Waals surface area (Å²) in [6.07, 6.45) is 0. The van der Waals surface area contributed by atoms with Crippen LogP contribution in [0, 0.1) is 6.92 Å². The first kappa shape index (κ1) is 11.0. The third-order valence-corrected chi connectivity index (χ3v) is 2.14. The minimum absolute atomic E-state index is 0.0380. The van der Waals surface area contributed by atoms with Crippen molar-refractivity contribution in [1.29, 1.82) is 0 Å². The standard InChI is InChI=1S/C11H11N3O3/c1-6-4-10(17-14-6)11(16)13-9-3-2-7(15)5-8(9)12/h2-5,15H,12H2,1H3,(H,13,16). The number of carbonyl (C=O) groups excluding carboxylic acids is 1. The predicted molar refractivity (Wildman–Crippen MR) is 61.7 cm³/mol. The molecule has 2 aromatic rings. The molecule has 0 aliphatic carbocycles. The Hall–Kier alpha value is -2.50. The number of nitrogens with one attached hydrogen (secondary N) is 1. The SMILES string of the molecule is Cc1cc(C(=O)Nc2ccc(O)cc2N)on1. The van der Waals surface area contributed by atoms with E-state index in [2.05, 4.69) is 10.5 Å². The number of benzene rings is 1. The lowest BCUT2D eigenvalue weighted by Crippen LogP contribution is -2.12. The predicted octanol–water partition coefficient (Wildman–Crippen LogP) is 1.52. The van der Waals surface area contributed by atoms with E-state index in [1.807, 2.05) is 0 Å². The van der Waals surface area contributed by atoms with Gasteiger partial charge in [0.2, 0.25) is 5.76 Å². The highest BCUT2D eigenvalue weighted by atomic mass is 16.5. The van der Waals surface area contributed by atoms with E-state index in [1.54, 1.807) is 6.92 Å². The summed E-state index contributed by atoms with van der Waals surface area (Å²) in [6.45, 7) is 1.72. The number of nitrogens with two attached hydrogens (primary N) is 1. The van der Waals surface area contributed by atoms with E-state index >= 15 is 0 Å². The molecule has 4 N–H and O–H groups in total. The zero-order chi connectivity index (χ0) is 12.4. The van der Waals surface area contributed by atoms with Gasteiger partial charge in [-0.3, -0.25) is 4.79 Å². The monoisotopic (exact) mass is 233 g/mol. The molecule has 0 fully saturated rings. The number of carbonyl (C=O) groups is 1. The molecule has 0 spiro atoms. The molecular formula is C11H11N3O3. The third kappa shape index (κ3) is 2.36. The topological polar surface area (TPSA) is 101 Å². The van der Waals surface area contributed by atoms with Gasteiger partial charge >= 0.3 is 0 Å². The average Bonchev–Trinajstić information content (AvgIpc) is 2.69. The van der Waals surface area contributed by atoms with Crippen molar-refractivity contribution < 1.29 is 14.4 Å². The Morgan fingerprint density at radius 2 is 2.24 bits per heavy atom. The van der Waals surface area contributed by atoms with Crippen molar-refractivity contribution >= 4 is 17.3 Å². The number of rotatable bonds is 2. The van der Waals surface area contributed by atoms with Crippen molar-refractivity contribution in [2.45, 2.75) is 6.92 Å². The first-order valence-electron chi connectivity index (χ1n) is 4.89. The normalized spacial score (nSPS) is 10.2. The van der Waals surface area contributed by atoms with Crippen LogP contribution in [0.15, 0.2) is 28.8 Å². The fourth-order valence-electron chi connectivity index (χ4n) is 1.32. The van der Waals surface area contributed by atoms with E-state index in [0.29, 0.717) is 11.4 Å². The van der Waals surface area contributed by atoms with E-state index in [-0.39, 0.29) is 17.2 Å². The van der Waals surface area contributed by atoms with Crippen LogP contribution in [0.2, 0.25) is 0 Å². The maximum absolute atomic E-state index is 11.7. The molecule has 0 aliphatic heterocycles. The molecule has 0 atom stereocenters. The van der Waals surface area contributed by atoms with Gasteiger partial charge in [0.1, 0.15) is 5.75 Å². The third-order valence-electron chi connectivity index (χ3n) is 2.14. The molecule has 0 bridgehead atoms. The maximum atomic E-state index is 11.7. The second-order valence-electron chi connectivity index (χ2n) is 3.56. The van der Waals surface area contributed by atoms with Crippen LogP contribution in [-0.2, 0) is 0 Å². The van der Waals surface area contributed by atoms with E-state index in [1.165, 1.54) is 24.3 Å². The van der Waals surface area contributed by atoms with Gasteiger partial charge in [-0.1, -0.05) is 5.16 Å². The van der Waals surface area contributed by atoms with Crippen LogP contribution in [0.3, 0.4) is 0 Å². The molecule has 0 saturated heterocycles. The molecule has 88 valence electrons. The number of hydrogen-bond donors (Lipinski definition) is 3. The fourth-order valence-corrected chi connectivity index (χ4v) is 1.32. The van der Waals surface area contributed by atoms with Gasteiger partial charge < -0.3 is 20.7 Å². The van der Waals surface area contributed by atoms with Gasteiger partial charge in [0, 0.05) is 12.1 Å². The molecule has 1 amide bonds. The zero-order valence-corrected chi connectivity index (χ0v) is 9.10. The Morgan fingerprint density at radius 1 is 1.47 bits per heavy atom. The molecule has 1 heterocycles. The summed E-state index contributed by atoms with van der Waals surface area (Å²) in [4.78, 5) is 11.7. The minimum Gasteiger partial charge on any atom is -0.508 e. The lowest BCUT2D eigenvalue weighted by molar-refractivity contribution is 0.0988. The molecule has 17 heavy (non-hydrogen) atoms. The maximum Gasteiger partial charge on any atom is 0.294 e. The molecular weight excluding hydrogens is 222 g/mol. The highest BCUT2D eigenvalue weighted by molar-refractivity contribution is 6.03. The number of phenolic OH excluding ortho intramolecular Hbond substituents is 1. The van der Waals surface area contributed by atoms with Crippen molar-refractivity contribution in [1.82, 2.24) is 5.16 Å². The van der Waals surface area contributed by atoms with Crippen LogP contribution in [0.4, 0.5) is 11.4 Å². The number of phenols is 1. The Morgan fingerprint density at radius 3 is 2.82 bits per heavy atom. The second kappa shape index (κ2) is 4.17. The van der Waals surface area contributed by atoms with Crippen LogP contribution in [0.5, 0.6) is 5.75 Å². The molecule has 0 radical (unpaired) electrons. The van der Waals surface area contributed by atoms with Crippen LogP contribution in [-0.4, -0.2) is 16.2 Å². The molecule has 6 nitrogen and oxygen atoms in total. The number of anilines is 2. The summed E-state index contributed by atoms with van der Waals surface area (Å²) in [5.74, 6) is -0.297. The van der Waals surface area contributed by atoms with Gasteiger partial charge in [0.25, 0.3) is 5.91 Å². The molecule has 2 rings (SSSR count). The fraction of sp³-hybridized carbons (Fsp3) is 0.0909. The highest BCUT2D eigenvalue weighted by Crippen LogP contribution is 2.23. The van der Waals surface area contributed by atoms with Crippen molar-refractivity contribution in [2.24, 2.45) is 0 Å². The number of aromatic hydroxyl groups is 1. The van der Waals surface area contributed by atoms with Crippen molar-refractivity contribution in [3.8, 4) is 5.75 Å². The summed E-state index contributed by atoms with van der Waals surface area (Å²) in [6, 6.07) is 5.80. The van der Waals surface area contributed by atoms with E-state index in [9.17, 15) is 9.90 Å². The van der Waals surface area contributed by atoms with Gasteiger partial charge in [-0.2, -0.15) is 0 Å². The Bertz CT molecular complexity index is 563. The largest absolute Gasteiger partial charge is 0.508 e. The molecule has 0 saturated carbocycles. The Balaban J connectivity index is 2.18. The minimum atomic E-state index is -0.442.